The highest BCUT2D eigenvalue weighted by Crippen LogP contribution is 2.33. The summed E-state index contributed by atoms with van der Waals surface area (Å²) in [5.41, 5.74) is 1.89. The van der Waals surface area contributed by atoms with Crippen molar-refractivity contribution in [2.24, 2.45) is 0 Å². The minimum atomic E-state index is -0.263. The minimum absolute atomic E-state index is 0.0677. The van der Waals surface area contributed by atoms with Gasteiger partial charge >= 0.3 is 0 Å². The van der Waals surface area contributed by atoms with Crippen molar-refractivity contribution in [3.05, 3.63) is 58.1 Å². The molecule has 25 heavy (non-hydrogen) atoms. The number of nitrogens with one attached hydrogen (secondary N) is 1. The predicted molar refractivity (Wildman–Crippen MR) is 103 cm³/mol. The van der Waals surface area contributed by atoms with Gasteiger partial charge in [0.1, 0.15) is 5.75 Å². The molecule has 3 nitrogen and oxygen atoms in total. The summed E-state index contributed by atoms with van der Waals surface area (Å²) in [7, 11) is 0. The summed E-state index contributed by atoms with van der Waals surface area (Å²) in [6, 6.07) is 13.0. The highest BCUT2D eigenvalue weighted by atomic mass is 35.5. The van der Waals surface area contributed by atoms with E-state index >= 15 is 0 Å². The van der Waals surface area contributed by atoms with Crippen molar-refractivity contribution < 1.29 is 9.53 Å². The summed E-state index contributed by atoms with van der Waals surface area (Å²) in [5.74, 6) is 1.09. The second-order valence-electron chi connectivity index (χ2n) is 6.36. The van der Waals surface area contributed by atoms with Crippen molar-refractivity contribution in [2.75, 3.05) is 11.9 Å². The maximum Gasteiger partial charge on any atom is 0.262 e. The standard InChI is InChI=1S/C20H21Cl2NO2/c21-16-8-11-19(18(22)12-16)23-20(24)13-25-17-9-6-15(7-10-17)14-4-2-1-3-5-14/h6-12,14H,1-5,13H2,(H,23,24). The highest BCUT2D eigenvalue weighted by Gasteiger charge is 2.15. The van der Waals surface area contributed by atoms with Gasteiger partial charge in [0.15, 0.2) is 6.61 Å². The summed E-state index contributed by atoms with van der Waals surface area (Å²) in [6.45, 7) is -0.0677. The topological polar surface area (TPSA) is 38.3 Å². The summed E-state index contributed by atoms with van der Waals surface area (Å²) in [4.78, 5) is 12.0. The van der Waals surface area contributed by atoms with Gasteiger partial charge in [0.25, 0.3) is 5.91 Å². The molecule has 2 aromatic carbocycles. The number of ether oxygens (including phenoxy) is 1. The van der Waals surface area contributed by atoms with E-state index in [9.17, 15) is 4.79 Å². The molecule has 1 saturated carbocycles. The summed E-state index contributed by atoms with van der Waals surface area (Å²) in [5, 5.41) is 3.64. The van der Waals surface area contributed by atoms with Gasteiger partial charge in [0.05, 0.1) is 10.7 Å². The first-order valence-electron chi connectivity index (χ1n) is 8.59. The zero-order chi connectivity index (χ0) is 17.6. The van der Waals surface area contributed by atoms with Crippen LogP contribution in [0.2, 0.25) is 10.0 Å². The summed E-state index contributed by atoms with van der Waals surface area (Å²) >= 11 is 11.9. The Morgan fingerprint density at radius 1 is 1.04 bits per heavy atom. The number of carbonyl (C=O) groups is 1. The van der Waals surface area contributed by atoms with Crippen LogP contribution < -0.4 is 10.1 Å². The molecular formula is C20H21Cl2NO2. The third-order valence-electron chi connectivity index (χ3n) is 4.53. The molecule has 0 bridgehead atoms. The molecule has 1 amide bonds. The Morgan fingerprint density at radius 2 is 1.76 bits per heavy atom. The first-order valence-corrected chi connectivity index (χ1v) is 9.35. The fourth-order valence-corrected chi connectivity index (χ4v) is 3.65. The number of hydrogen-bond donors (Lipinski definition) is 1. The molecule has 132 valence electrons. The van der Waals surface area contributed by atoms with Gasteiger partial charge in [0, 0.05) is 5.02 Å². The van der Waals surface area contributed by atoms with Gasteiger partial charge in [-0.15, -0.1) is 0 Å². The molecule has 3 rings (SSSR count). The van der Waals surface area contributed by atoms with Crippen LogP contribution in [-0.2, 0) is 4.79 Å². The summed E-state index contributed by atoms with van der Waals surface area (Å²) < 4.78 is 5.56. The van der Waals surface area contributed by atoms with E-state index < -0.39 is 0 Å². The van der Waals surface area contributed by atoms with Crippen LogP contribution in [0.1, 0.15) is 43.6 Å². The van der Waals surface area contributed by atoms with Gasteiger partial charge in [-0.2, -0.15) is 0 Å². The number of benzene rings is 2. The lowest BCUT2D eigenvalue weighted by Crippen LogP contribution is -2.20. The monoisotopic (exact) mass is 377 g/mol. The minimum Gasteiger partial charge on any atom is -0.484 e. The molecule has 0 saturated heterocycles. The van der Waals surface area contributed by atoms with Crippen LogP contribution >= 0.6 is 23.2 Å². The van der Waals surface area contributed by atoms with E-state index in [1.165, 1.54) is 37.7 Å². The van der Waals surface area contributed by atoms with Crippen LogP contribution in [0.25, 0.3) is 0 Å². The van der Waals surface area contributed by atoms with Crippen molar-refractivity contribution in [1.82, 2.24) is 0 Å². The molecule has 2 aromatic rings. The Morgan fingerprint density at radius 3 is 2.44 bits per heavy atom. The van der Waals surface area contributed by atoms with E-state index in [0.717, 1.165) is 0 Å². The highest BCUT2D eigenvalue weighted by molar-refractivity contribution is 6.36. The average molecular weight is 378 g/mol. The molecule has 0 heterocycles. The quantitative estimate of drug-likeness (QED) is 0.687. The maximum atomic E-state index is 12.0. The number of anilines is 1. The molecule has 0 radical (unpaired) electrons. The lowest BCUT2D eigenvalue weighted by atomic mass is 9.84. The average Bonchev–Trinajstić information content (AvgIpc) is 2.63. The lowest BCUT2D eigenvalue weighted by molar-refractivity contribution is -0.118. The van der Waals surface area contributed by atoms with Crippen LogP contribution in [0.5, 0.6) is 5.75 Å². The molecule has 1 aliphatic rings. The van der Waals surface area contributed by atoms with E-state index in [2.05, 4.69) is 17.4 Å². The van der Waals surface area contributed by atoms with Crippen molar-refractivity contribution in [2.45, 2.75) is 38.0 Å². The summed E-state index contributed by atoms with van der Waals surface area (Å²) in [6.07, 6.45) is 6.52. The molecular weight excluding hydrogens is 357 g/mol. The van der Waals surface area contributed by atoms with E-state index in [1.54, 1.807) is 18.2 Å². The van der Waals surface area contributed by atoms with Crippen molar-refractivity contribution in [1.29, 1.82) is 0 Å². The van der Waals surface area contributed by atoms with Gasteiger partial charge in [-0.25, -0.2) is 0 Å². The zero-order valence-corrected chi connectivity index (χ0v) is 15.4. The molecule has 0 atom stereocenters. The van der Waals surface area contributed by atoms with E-state index in [0.29, 0.717) is 27.4 Å². The number of halogens is 2. The number of hydrogen-bond acceptors (Lipinski definition) is 2. The van der Waals surface area contributed by atoms with Gasteiger partial charge in [-0.05, 0) is 54.7 Å². The lowest BCUT2D eigenvalue weighted by Gasteiger charge is -2.22. The van der Waals surface area contributed by atoms with Gasteiger partial charge in [-0.1, -0.05) is 54.6 Å². The number of rotatable bonds is 5. The largest absolute Gasteiger partial charge is 0.484 e. The third-order valence-corrected chi connectivity index (χ3v) is 5.08. The van der Waals surface area contributed by atoms with Gasteiger partial charge in [0.2, 0.25) is 0 Å². The Balaban J connectivity index is 1.51. The van der Waals surface area contributed by atoms with E-state index in [-0.39, 0.29) is 12.5 Å². The molecule has 0 aromatic heterocycles. The number of amides is 1. The van der Waals surface area contributed by atoms with Crippen LogP contribution in [0.4, 0.5) is 5.69 Å². The second-order valence-corrected chi connectivity index (χ2v) is 7.21. The van der Waals surface area contributed by atoms with Crippen molar-refractivity contribution >= 4 is 34.8 Å². The van der Waals surface area contributed by atoms with Crippen molar-refractivity contribution in [3.63, 3.8) is 0 Å². The smallest absolute Gasteiger partial charge is 0.262 e. The number of carbonyl (C=O) groups excluding carboxylic acids is 1. The Kier molecular flexibility index (Phi) is 6.22. The zero-order valence-electron chi connectivity index (χ0n) is 13.9. The fourth-order valence-electron chi connectivity index (χ4n) is 3.20. The Bertz CT molecular complexity index is 725. The van der Waals surface area contributed by atoms with Gasteiger partial charge in [-0.3, -0.25) is 4.79 Å². The molecule has 0 spiro atoms. The first kappa shape index (κ1) is 18.1. The van der Waals surface area contributed by atoms with Crippen LogP contribution in [0.3, 0.4) is 0 Å². The molecule has 0 unspecified atom stereocenters. The fraction of sp³-hybridized carbons (Fsp3) is 0.350. The molecule has 1 fully saturated rings. The van der Waals surface area contributed by atoms with Gasteiger partial charge < -0.3 is 10.1 Å². The predicted octanol–water partition coefficient (Wildman–Crippen LogP) is 6.06. The maximum absolute atomic E-state index is 12.0. The second kappa shape index (κ2) is 8.59. The first-order chi connectivity index (χ1) is 12.1. The Hall–Kier alpha value is -1.71. The van der Waals surface area contributed by atoms with Crippen molar-refractivity contribution in [3.8, 4) is 5.75 Å². The normalized spacial score (nSPS) is 15.0. The van der Waals surface area contributed by atoms with E-state index in [1.807, 2.05) is 12.1 Å². The van der Waals surface area contributed by atoms with Crippen LogP contribution in [0, 0.1) is 0 Å². The molecule has 5 heteroatoms. The third kappa shape index (κ3) is 5.13. The van der Waals surface area contributed by atoms with Crippen LogP contribution in [-0.4, -0.2) is 12.5 Å². The van der Waals surface area contributed by atoms with Crippen LogP contribution in [0.15, 0.2) is 42.5 Å². The molecule has 1 N–H and O–H groups in total. The Labute approximate surface area is 158 Å². The van der Waals surface area contributed by atoms with E-state index in [4.69, 9.17) is 27.9 Å². The SMILES string of the molecule is O=C(COc1ccc(C2CCCCC2)cc1)Nc1ccc(Cl)cc1Cl. The molecule has 0 aliphatic heterocycles. The molecule has 1 aliphatic carbocycles.